The van der Waals surface area contributed by atoms with Crippen molar-refractivity contribution in [3.8, 4) is 5.75 Å². The molecule has 0 spiro atoms. The third-order valence-electron chi connectivity index (χ3n) is 2.66. The molecule has 1 atom stereocenters. The van der Waals surface area contributed by atoms with Crippen molar-refractivity contribution in [1.29, 1.82) is 0 Å². The van der Waals surface area contributed by atoms with E-state index in [-0.39, 0.29) is 12.3 Å². The highest BCUT2D eigenvalue weighted by Crippen LogP contribution is 2.17. The number of ether oxygens (including phenoxy) is 1. The first-order valence-electron chi connectivity index (χ1n) is 6.36. The molecule has 0 saturated carbocycles. The molecule has 0 saturated heterocycles. The lowest BCUT2D eigenvalue weighted by atomic mass is 10.3. The highest BCUT2D eigenvalue weighted by atomic mass is 19.3. The van der Waals surface area contributed by atoms with Gasteiger partial charge >= 0.3 is 12.6 Å². The van der Waals surface area contributed by atoms with E-state index < -0.39 is 18.7 Å². The monoisotopic (exact) mass is 312 g/mol. The number of urea groups is 1. The Balaban J connectivity index is 1.79. The number of aliphatic hydroxyl groups is 1. The van der Waals surface area contributed by atoms with E-state index in [4.69, 9.17) is 4.42 Å². The molecule has 1 aromatic carbocycles. The Hall–Kier alpha value is -2.61. The van der Waals surface area contributed by atoms with Crippen molar-refractivity contribution in [3.63, 3.8) is 0 Å². The quantitative estimate of drug-likeness (QED) is 0.766. The van der Waals surface area contributed by atoms with Crippen LogP contribution in [-0.2, 0) is 0 Å². The molecule has 1 heterocycles. The Morgan fingerprint density at radius 3 is 2.59 bits per heavy atom. The van der Waals surface area contributed by atoms with E-state index in [1.807, 2.05) is 0 Å². The summed E-state index contributed by atoms with van der Waals surface area (Å²) in [5.74, 6) is 0.336. The summed E-state index contributed by atoms with van der Waals surface area (Å²) in [6.45, 7) is -2.93. The lowest BCUT2D eigenvalue weighted by Crippen LogP contribution is -2.32. The Morgan fingerprint density at radius 2 is 2.00 bits per heavy atom. The number of aliphatic hydroxyl groups excluding tert-OH is 1. The number of carbonyl (C=O) groups is 1. The van der Waals surface area contributed by atoms with Crippen molar-refractivity contribution in [1.82, 2.24) is 5.32 Å². The second kappa shape index (κ2) is 7.41. The summed E-state index contributed by atoms with van der Waals surface area (Å²) in [6, 6.07) is 8.11. The van der Waals surface area contributed by atoms with Gasteiger partial charge in [0.2, 0.25) is 0 Å². The van der Waals surface area contributed by atoms with Crippen LogP contribution in [0.5, 0.6) is 5.75 Å². The molecule has 3 N–H and O–H groups in total. The van der Waals surface area contributed by atoms with E-state index in [0.717, 1.165) is 0 Å². The third-order valence-corrected chi connectivity index (χ3v) is 2.66. The van der Waals surface area contributed by atoms with Crippen molar-refractivity contribution < 1.29 is 27.8 Å². The molecule has 0 aliphatic heterocycles. The highest BCUT2D eigenvalue weighted by molar-refractivity contribution is 5.89. The van der Waals surface area contributed by atoms with Crippen molar-refractivity contribution in [2.75, 3.05) is 11.9 Å². The molecule has 2 amide bonds. The van der Waals surface area contributed by atoms with Gasteiger partial charge in [0.15, 0.2) is 0 Å². The van der Waals surface area contributed by atoms with Gasteiger partial charge in [-0.1, -0.05) is 0 Å². The van der Waals surface area contributed by atoms with E-state index in [2.05, 4.69) is 15.4 Å². The Kier molecular flexibility index (Phi) is 5.31. The van der Waals surface area contributed by atoms with E-state index in [1.165, 1.54) is 30.5 Å². The van der Waals surface area contributed by atoms with Gasteiger partial charge in [-0.2, -0.15) is 8.78 Å². The van der Waals surface area contributed by atoms with Gasteiger partial charge in [-0.15, -0.1) is 0 Å². The van der Waals surface area contributed by atoms with E-state index >= 15 is 0 Å². The highest BCUT2D eigenvalue weighted by Gasteiger charge is 2.12. The van der Waals surface area contributed by atoms with Crippen molar-refractivity contribution in [2.45, 2.75) is 12.7 Å². The van der Waals surface area contributed by atoms with Crippen LogP contribution in [-0.4, -0.2) is 24.3 Å². The summed E-state index contributed by atoms with van der Waals surface area (Å²) in [5, 5.41) is 14.7. The summed E-state index contributed by atoms with van der Waals surface area (Å²) >= 11 is 0. The topological polar surface area (TPSA) is 83.7 Å². The number of hydrogen-bond acceptors (Lipinski definition) is 4. The standard InChI is InChI=1S/C14H14F2N2O4/c15-13(16)22-10-5-3-9(4-6-10)18-14(20)17-8-11(19)12-2-1-7-21-12/h1-7,11,13,19H,8H2,(H2,17,18,20). The van der Waals surface area contributed by atoms with E-state index in [0.29, 0.717) is 11.4 Å². The predicted octanol–water partition coefficient (Wildman–Crippen LogP) is 2.74. The third kappa shape index (κ3) is 4.74. The lowest BCUT2D eigenvalue weighted by Gasteiger charge is -2.11. The summed E-state index contributed by atoms with van der Waals surface area (Å²) < 4.78 is 33.2. The smallest absolute Gasteiger partial charge is 0.387 e. The minimum atomic E-state index is -2.90. The minimum Gasteiger partial charge on any atom is -0.467 e. The number of halogens is 2. The molecule has 8 heteroatoms. The number of nitrogens with one attached hydrogen (secondary N) is 2. The number of carbonyl (C=O) groups excluding carboxylic acids is 1. The second-order valence-electron chi connectivity index (χ2n) is 4.27. The average molecular weight is 312 g/mol. The molecule has 0 radical (unpaired) electrons. The fourth-order valence-corrected chi connectivity index (χ4v) is 1.67. The zero-order valence-corrected chi connectivity index (χ0v) is 11.3. The zero-order chi connectivity index (χ0) is 15.9. The van der Waals surface area contributed by atoms with Crippen LogP contribution in [0.3, 0.4) is 0 Å². The van der Waals surface area contributed by atoms with E-state index in [1.54, 1.807) is 12.1 Å². The summed E-state index contributed by atoms with van der Waals surface area (Å²) in [5.41, 5.74) is 0.395. The molecule has 22 heavy (non-hydrogen) atoms. The normalized spacial score (nSPS) is 12.0. The van der Waals surface area contributed by atoms with Crippen LogP contribution in [0.15, 0.2) is 47.1 Å². The number of benzene rings is 1. The predicted molar refractivity (Wildman–Crippen MR) is 73.8 cm³/mol. The molecule has 1 unspecified atom stereocenters. The molecule has 0 aliphatic carbocycles. The number of hydrogen-bond donors (Lipinski definition) is 3. The molecule has 0 fully saturated rings. The molecule has 118 valence electrons. The maximum absolute atomic E-state index is 12.0. The number of anilines is 1. The fraction of sp³-hybridized carbons (Fsp3) is 0.214. The number of alkyl halides is 2. The maximum Gasteiger partial charge on any atom is 0.387 e. The van der Waals surface area contributed by atoms with Crippen molar-refractivity contribution >= 4 is 11.7 Å². The molecule has 1 aromatic heterocycles. The molecule has 0 aliphatic rings. The number of amides is 2. The fourth-order valence-electron chi connectivity index (χ4n) is 1.67. The lowest BCUT2D eigenvalue weighted by molar-refractivity contribution is -0.0498. The molecule has 0 bridgehead atoms. The van der Waals surface area contributed by atoms with Gasteiger partial charge in [-0.05, 0) is 36.4 Å². The first-order valence-corrected chi connectivity index (χ1v) is 6.36. The summed E-state index contributed by atoms with van der Waals surface area (Å²) in [4.78, 5) is 11.6. The average Bonchev–Trinajstić information content (AvgIpc) is 3.00. The molecule has 2 aromatic rings. The van der Waals surface area contributed by atoms with Gasteiger partial charge in [0.1, 0.15) is 17.6 Å². The SMILES string of the molecule is O=C(NCC(O)c1ccco1)Nc1ccc(OC(F)F)cc1. The van der Waals surface area contributed by atoms with Crippen LogP contribution in [0.4, 0.5) is 19.3 Å². The Labute approximate surface area is 124 Å². The van der Waals surface area contributed by atoms with Crippen molar-refractivity contribution in [2.24, 2.45) is 0 Å². The van der Waals surface area contributed by atoms with Crippen LogP contribution in [0.2, 0.25) is 0 Å². The second-order valence-corrected chi connectivity index (χ2v) is 4.27. The van der Waals surface area contributed by atoms with E-state index in [9.17, 15) is 18.7 Å². The van der Waals surface area contributed by atoms with Gasteiger partial charge in [-0.3, -0.25) is 0 Å². The Morgan fingerprint density at radius 1 is 1.27 bits per heavy atom. The molecular formula is C14H14F2N2O4. The Bertz CT molecular complexity index is 587. The van der Waals surface area contributed by atoms with Gasteiger partial charge in [0.25, 0.3) is 0 Å². The summed E-state index contributed by atoms with van der Waals surface area (Å²) in [6.07, 6.45) is 0.462. The van der Waals surface area contributed by atoms with Crippen molar-refractivity contribution in [3.05, 3.63) is 48.4 Å². The summed E-state index contributed by atoms with van der Waals surface area (Å²) in [7, 11) is 0. The van der Waals surface area contributed by atoms with Gasteiger partial charge in [0, 0.05) is 5.69 Å². The van der Waals surface area contributed by atoms with Crippen LogP contribution >= 0.6 is 0 Å². The van der Waals surface area contributed by atoms with Crippen LogP contribution in [0, 0.1) is 0 Å². The van der Waals surface area contributed by atoms with Gasteiger partial charge in [-0.25, -0.2) is 4.79 Å². The largest absolute Gasteiger partial charge is 0.467 e. The first kappa shape index (κ1) is 15.8. The van der Waals surface area contributed by atoms with Crippen LogP contribution in [0.1, 0.15) is 11.9 Å². The minimum absolute atomic E-state index is 0.00537. The zero-order valence-electron chi connectivity index (χ0n) is 11.3. The first-order chi connectivity index (χ1) is 10.5. The molecule has 2 rings (SSSR count). The van der Waals surface area contributed by atoms with Crippen LogP contribution in [0.25, 0.3) is 0 Å². The van der Waals surface area contributed by atoms with Gasteiger partial charge < -0.3 is 24.9 Å². The maximum atomic E-state index is 12.0. The van der Waals surface area contributed by atoms with Crippen LogP contribution < -0.4 is 15.4 Å². The van der Waals surface area contributed by atoms with Gasteiger partial charge in [0.05, 0.1) is 12.8 Å². The number of rotatable bonds is 6. The molecular weight excluding hydrogens is 298 g/mol. The number of furan rings is 1. The molecule has 6 nitrogen and oxygen atoms in total.